The predicted octanol–water partition coefficient (Wildman–Crippen LogP) is 1.87. The van der Waals surface area contributed by atoms with E-state index in [0.717, 1.165) is 24.9 Å². The molecule has 5 nitrogen and oxygen atoms in total. The summed E-state index contributed by atoms with van der Waals surface area (Å²) in [6.07, 6.45) is 4.90. The molecule has 3 rings (SSSR count). The summed E-state index contributed by atoms with van der Waals surface area (Å²) in [5.74, 6) is 0.214. The van der Waals surface area contributed by atoms with Crippen molar-refractivity contribution in [2.75, 3.05) is 16.8 Å². The number of aryl methyl sites for hydroxylation is 1. The van der Waals surface area contributed by atoms with Gasteiger partial charge in [-0.3, -0.25) is 0 Å². The molecule has 1 aliphatic heterocycles. The molecule has 1 fully saturated rings. The Bertz CT molecular complexity index is 655. The Labute approximate surface area is 125 Å². The molecule has 1 saturated heterocycles. The number of nitrogens with one attached hydrogen (secondary N) is 2. The van der Waals surface area contributed by atoms with Crippen LogP contribution in [-0.4, -0.2) is 32.0 Å². The zero-order valence-corrected chi connectivity index (χ0v) is 12.7. The van der Waals surface area contributed by atoms with Gasteiger partial charge in [0.2, 0.25) is 0 Å². The first-order valence-electron chi connectivity index (χ1n) is 7.42. The smallest absolute Gasteiger partial charge is 0.319 e. The number of rotatable bonds is 2. The maximum absolute atomic E-state index is 12.0. The van der Waals surface area contributed by atoms with Gasteiger partial charge in [0, 0.05) is 11.7 Å². The van der Waals surface area contributed by atoms with Crippen LogP contribution in [0, 0.1) is 0 Å². The fourth-order valence-electron chi connectivity index (χ4n) is 3.15. The lowest BCUT2D eigenvalue weighted by molar-refractivity contribution is 0.249. The number of carbonyl (C=O) groups is 1. The van der Waals surface area contributed by atoms with Crippen molar-refractivity contribution in [3.05, 3.63) is 29.3 Å². The highest BCUT2D eigenvalue weighted by atomic mass is 32.2. The number of amides is 2. The minimum absolute atomic E-state index is 0.0489. The largest absolute Gasteiger partial charge is 0.334 e. The molecule has 0 radical (unpaired) electrons. The fourth-order valence-corrected chi connectivity index (χ4v) is 4.82. The van der Waals surface area contributed by atoms with E-state index in [2.05, 4.69) is 16.7 Å². The van der Waals surface area contributed by atoms with E-state index >= 15 is 0 Å². The van der Waals surface area contributed by atoms with Gasteiger partial charge < -0.3 is 10.6 Å². The van der Waals surface area contributed by atoms with E-state index in [-0.39, 0.29) is 23.6 Å². The minimum atomic E-state index is -2.97. The van der Waals surface area contributed by atoms with Crippen LogP contribution in [0.2, 0.25) is 0 Å². The molecule has 1 heterocycles. The second-order valence-electron chi connectivity index (χ2n) is 5.85. The van der Waals surface area contributed by atoms with E-state index in [1.54, 1.807) is 0 Å². The highest BCUT2D eigenvalue weighted by Crippen LogP contribution is 2.27. The highest BCUT2D eigenvalue weighted by Gasteiger charge is 2.29. The summed E-state index contributed by atoms with van der Waals surface area (Å²) in [7, 11) is -2.97. The average Bonchev–Trinajstić information content (AvgIpc) is 2.78. The van der Waals surface area contributed by atoms with Gasteiger partial charge in [-0.05, 0) is 49.3 Å². The third-order valence-electron chi connectivity index (χ3n) is 4.21. The third-order valence-corrected chi connectivity index (χ3v) is 5.98. The molecular formula is C15H20N2O3S. The summed E-state index contributed by atoms with van der Waals surface area (Å²) in [6, 6.07) is 5.40. The third kappa shape index (κ3) is 3.37. The van der Waals surface area contributed by atoms with Crippen molar-refractivity contribution in [3.8, 4) is 0 Å². The lowest BCUT2D eigenvalue weighted by Crippen LogP contribution is -2.38. The van der Waals surface area contributed by atoms with Crippen LogP contribution in [0.3, 0.4) is 0 Å². The summed E-state index contributed by atoms with van der Waals surface area (Å²) in [6.45, 7) is 0. The van der Waals surface area contributed by atoms with Gasteiger partial charge in [0.1, 0.15) is 0 Å². The average molecular weight is 308 g/mol. The van der Waals surface area contributed by atoms with Crippen molar-refractivity contribution >= 4 is 21.6 Å². The Morgan fingerprint density at radius 1 is 1.19 bits per heavy atom. The van der Waals surface area contributed by atoms with Gasteiger partial charge in [0.25, 0.3) is 0 Å². The van der Waals surface area contributed by atoms with Gasteiger partial charge in [-0.15, -0.1) is 0 Å². The van der Waals surface area contributed by atoms with Crippen LogP contribution >= 0.6 is 0 Å². The second kappa shape index (κ2) is 5.67. The number of benzene rings is 1. The first-order valence-corrected chi connectivity index (χ1v) is 9.24. The van der Waals surface area contributed by atoms with Crippen LogP contribution in [-0.2, 0) is 22.7 Å². The second-order valence-corrected chi connectivity index (χ2v) is 8.08. The van der Waals surface area contributed by atoms with E-state index in [4.69, 9.17) is 0 Å². The molecule has 0 aromatic heterocycles. The fraction of sp³-hybridized carbons (Fsp3) is 0.533. The molecule has 6 heteroatoms. The standard InChI is InChI=1S/C15H20N2O3S/c18-15(16-12-8-9-21(19,20)10-12)17-14-7-3-5-11-4-1-2-6-13(11)14/h3,5,7,12H,1-2,4,6,8-10H2,(H2,16,17,18)/t12-/m1/s1. The van der Waals surface area contributed by atoms with Gasteiger partial charge in [-0.1, -0.05) is 12.1 Å². The Balaban J connectivity index is 1.66. The molecule has 2 amide bonds. The molecule has 0 unspecified atom stereocenters. The lowest BCUT2D eigenvalue weighted by atomic mass is 9.90. The van der Waals surface area contributed by atoms with Crippen LogP contribution < -0.4 is 10.6 Å². The van der Waals surface area contributed by atoms with Gasteiger partial charge >= 0.3 is 6.03 Å². The van der Waals surface area contributed by atoms with Gasteiger partial charge in [0.05, 0.1) is 11.5 Å². The normalized spacial score (nSPS) is 23.3. The predicted molar refractivity (Wildman–Crippen MR) is 82.3 cm³/mol. The summed E-state index contributed by atoms with van der Waals surface area (Å²) < 4.78 is 22.8. The molecular weight excluding hydrogens is 288 g/mol. The van der Waals surface area contributed by atoms with E-state index in [0.29, 0.717) is 6.42 Å². The zero-order valence-electron chi connectivity index (χ0n) is 11.9. The number of fused-ring (bicyclic) bond motifs is 1. The van der Waals surface area contributed by atoms with Crippen molar-refractivity contribution in [2.45, 2.75) is 38.1 Å². The molecule has 1 atom stereocenters. The van der Waals surface area contributed by atoms with E-state index < -0.39 is 9.84 Å². The van der Waals surface area contributed by atoms with E-state index in [1.165, 1.54) is 17.5 Å². The lowest BCUT2D eigenvalue weighted by Gasteiger charge is -2.20. The number of urea groups is 1. The Hall–Kier alpha value is -1.56. The van der Waals surface area contributed by atoms with Gasteiger partial charge in [-0.25, -0.2) is 13.2 Å². The monoisotopic (exact) mass is 308 g/mol. The number of sulfone groups is 1. The first kappa shape index (κ1) is 14.4. The molecule has 1 aromatic rings. The SMILES string of the molecule is O=C(Nc1cccc2c1CCCC2)N[C@@H]1CCS(=O)(=O)C1. The maximum atomic E-state index is 12.0. The molecule has 1 aromatic carbocycles. The van der Waals surface area contributed by atoms with Crippen LogP contribution in [0.25, 0.3) is 0 Å². The van der Waals surface area contributed by atoms with Crippen molar-refractivity contribution in [2.24, 2.45) is 0 Å². The summed E-state index contributed by atoms with van der Waals surface area (Å²) in [4.78, 5) is 12.0. The van der Waals surface area contributed by atoms with Crippen LogP contribution in [0.4, 0.5) is 10.5 Å². The number of hydrogen-bond donors (Lipinski definition) is 2. The summed E-state index contributed by atoms with van der Waals surface area (Å²) in [5, 5.41) is 5.64. The van der Waals surface area contributed by atoms with Crippen molar-refractivity contribution < 1.29 is 13.2 Å². The summed E-state index contributed by atoms with van der Waals surface area (Å²) >= 11 is 0. The van der Waals surface area contributed by atoms with Crippen molar-refractivity contribution in [3.63, 3.8) is 0 Å². The number of carbonyl (C=O) groups excluding carboxylic acids is 1. The number of hydrogen-bond acceptors (Lipinski definition) is 3. The quantitative estimate of drug-likeness (QED) is 0.876. The topological polar surface area (TPSA) is 75.3 Å². The van der Waals surface area contributed by atoms with Crippen LogP contribution in [0.1, 0.15) is 30.4 Å². The van der Waals surface area contributed by atoms with Gasteiger partial charge in [-0.2, -0.15) is 0 Å². The Kier molecular flexibility index (Phi) is 3.89. The minimum Gasteiger partial charge on any atom is -0.334 e. The highest BCUT2D eigenvalue weighted by molar-refractivity contribution is 7.91. The molecule has 1 aliphatic carbocycles. The van der Waals surface area contributed by atoms with Crippen molar-refractivity contribution in [1.29, 1.82) is 0 Å². The molecule has 0 saturated carbocycles. The first-order chi connectivity index (χ1) is 10.0. The maximum Gasteiger partial charge on any atom is 0.319 e. The van der Waals surface area contributed by atoms with Crippen molar-refractivity contribution in [1.82, 2.24) is 5.32 Å². The molecule has 0 spiro atoms. The molecule has 2 aliphatic rings. The number of anilines is 1. The van der Waals surface area contributed by atoms with Gasteiger partial charge in [0.15, 0.2) is 9.84 Å². The molecule has 21 heavy (non-hydrogen) atoms. The molecule has 114 valence electrons. The van der Waals surface area contributed by atoms with E-state index in [1.807, 2.05) is 12.1 Å². The van der Waals surface area contributed by atoms with E-state index in [9.17, 15) is 13.2 Å². The Morgan fingerprint density at radius 3 is 2.76 bits per heavy atom. The molecule has 2 N–H and O–H groups in total. The molecule has 0 bridgehead atoms. The van der Waals surface area contributed by atoms with Crippen LogP contribution in [0.5, 0.6) is 0 Å². The summed E-state index contributed by atoms with van der Waals surface area (Å²) in [5.41, 5.74) is 3.38. The zero-order chi connectivity index (χ0) is 14.9. The van der Waals surface area contributed by atoms with Crippen LogP contribution in [0.15, 0.2) is 18.2 Å². The Morgan fingerprint density at radius 2 is 2.00 bits per heavy atom.